The van der Waals surface area contributed by atoms with Gasteiger partial charge in [-0.05, 0) is 18.4 Å². The third-order valence-electron chi connectivity index (χ3n) is 1.47. The number of para-hydroxylation sites is 1. The van der Waals surface area contributed by atoms with Crippen LogP contribution in [0.2, 0.25) is 0 Å². The van der Waals surface area contributed by atoms with Crippen LogP contribution in [0.1, 0.15) is 0 Å². The van der Waals surface area contributed by atoms with Crippen LogP contribution in [-0.2, 0) is 0 Å². The van der Waals surface area contributed by atoms with E-state index in [1.54, 1.807) is 0 Å². The third kappa shape index (κ3) is 4.37. The fourth-order valence-electron chi connectivity index (χ4n) is 0.859. The molecule has 0 aliphatic carbocycles. The Labute approximate surface area is 92.1 Å². The number of hydrogen-bond acceptors (Lipinski definition) is 3. The Hall–Kier alpha value is -1.69. The van der Waals surface area contributed by atoms with Gasteiger partial charge in [0.05, 0.1) is 5.69 Å². The summed E-state index contributed by atoms with van der Waals surface area (Å²) in [6, 6.07) is 8.76. The van der Waals surface area contributed by atoms with E-state index in [1.807, 2.05) is 36.6 Å². The lowest BCUT2D eigenvalue weighted by atomic mass is 10.3. The van der Waals surface area contributed by atoms with Crippen LogP contribution in [0.4, 0.5) is 10.5 Å². The summed E-state index contributed by atoms with van der Waals surface area (Å²) in [6.45, 7) is 0. The van der Waals surface area contributed by atoms with Crippen molar-refractivity contribution >= 4 is 28.6 Å². The van der Waals surface area contributed by atoms with Gasteiger partial charge in [-0.1, -0.05) is 30.0 Å². The Kier molecular flexibility index (Phi) is 4.49. The molecule has 0 bridgehead atoms. The summed E-state index contributed by atoms with van der Waals surface area (Å²) in [7, 11) is 0. The number of amides is 2. The monoisotopic (exact) mass is 224 g/mol. The second-order valence-electron chi connectivity index (χ2n) is 2.57. The highest BCUT2D eigenvalue weighted by molar-refractivity contribution is 8.13. The minimum absolute atomic E-state index is 0.569. The highest BCUT2D eigenvalue weighted by Gasteiger charge is 1.97. The van der Waals surface area contributed by atoms with E-state index < -0.39 is 6.03 Å². The van der Waals surface area contributed by atoms with Gasteiger partial charge in [-0.25, -0.2) is 9.79 Å². The molecule has 0 radical (unpaired) electrons. The summed E-state index contributed by atoms with van der Waals surface area (Å²) in [5.74, 6) is 0. The van der Waals surface area contributed by atoms with Gasteiger partial charge in [0.25, 0.3) is 0 Å². The summed E-state index contributed by atoms with van der Waals surface area (Å²) in [5, 5.41) is 0.569. The number of nitrogens with two attached hydrogens (primary N) is 1. The van der Waals surface area contributed by atoms with Gasteiger partial charge in [0, 0.05) is 0 Å². The van der Waals surface area contributed by atoms with Gasteiger partial charge in [0.2, 0.25) is 0 Å². The molecule has 0 fully saturated rings. The quantitative estimate of drug-likeness (QED) is 0.381. The van der Waals surface area contributed by atoms with Crippen LogP contribution < -0.4 is 16.6 Å². The number of aliphatic imine (C=N–C) groups is 1. The van der Waals surface area contributed by atoms with Crippen molar-refractivity contribution in [2.24, 2.45) is 10.7 Å². The van der Waals surface area contributed by atoms with E-state index >= 15 is 0 Å². The van der Waals surface area contributed by atoms with Crippen LogP contribution in [0.3, 0.4) is 0 Å². The highest BCUT2D eigenvalue weighted by atomic mass is 32.2. The number of hydrogen-bond donors (Lipinski definition) is 3. The van der Waals surface area contributed by atoms with Gasteiger partial charge in [-0.15, -0.1) is 0 Å². The first-order valence-corrected chi connectivity index (χ1v) is 5.44. The average Bonchev–Trinajstić information content (AvgIpc) is 2.25. The molecule has 0 aliphatic heterocycles. The number of carbonyl (C=O) groups excluding carboxylic acids is 1. The molecule has 2 amide bonds. The fraction of sp³-hybridized carbons (Fsp3) is 0.111. The average molecular weight is 224 g/mol. The lowest BCUT2D eigenvalue weighted by Gasteiger charge is -2.06. The SMILES string of the molecule is CSC(=Nc1ccccc1)NNC(N)=O. The van der Waals surface area contributed by atoms with Gasteiger partial charge < -0.3 is 5.73 Å². The predicted octanol–water partition coefficient (Wildman–Crippen LogP) is 1.21. The first kappa shape index (κ1) is 11.4. The first-order valence-electron chi connectivity index (χ1n) is 4.21. The summed E-state index contributed by atoms with van der Waals surface area (Å²) >= 11 is 1.38. The number of urea groups is 1. The molecule has 15 heavy (non-hydrogen) atoms. The van der Waals surface area contributed by atoms with Crippen molar-refractivity contribution in [2.45, 2.75) is 0 Å². The van der Waals surface area contributed by atoms with Crippen LogP contribution in [-0.4, -0.2) is 17.5 Å². The van der Waals surface area contributed by atoms with Crippen molar-refractivity contribution in [3.8, 4) is 0 Å². The molecule has 4 N–H and O–H groups in total. The fourth-order valence-corrected chi connectivity index (χ4v) is 1.21. The molecule has 0 atom stereocenters. The summed E-state index contributed by atoms with van der Waals surface area (Å²) in [4.78, 5) is 14.7. The smallest absolute Gasteiger partial charge is 0.330 e. The summed E-state index contributed by atoms with van der Waals surface area (Å²) in [5.41, 5.74) is 10.6. The zero-order valence-electron chi connectivity index (χ0n) is 8.23. The van der Waals surface area contributed by atoms with Gasteiger partial charge >= 0.3 is 6.03 Å². The molecular weight excluding hydrogens is 212 g/mol. The molecule has 6 heteroatoms. The van der Waals surface area contributed by atoms with Crippen LogP contribution >= 0.6 is 11.8 Å². The molecule has 1 aromatic carbocycles. The van der Waals surface area contributed by atoms with E-state index in [1.165, 1.54) is 11.8 Å². The third-order valence-corrected chi connectivity index (χ3v) is 2.05. The number of benzene rings is 1. The molecule has 1 aromatic rings. The lowest BCUT2D eigenvalue weighted by molar-refractivity contribution is 0.247. The Morgan fingerprint density at radius 3 is 2.53 bits per heavy atom. The Morgan fingerprint density at radius 2 is 2.00 bits per heavy atom. The largest absolute Gasteiger partial charge is 0.350 e. The van der Waals surface area contributed by atoms with Crippen molar-refractivity contribution in [1.29, 1.82) is 0 Å². The van der Waals surface area contributed by atoms with E-state index in [2.05, 4.69) is 15.8 Å². The Balaban J connectivity index is 2.65. The van der Waals surface area contributed by atoms with Gasteiger partial charge in [-0.2, -0.15) is 0 Å². The standard InChI is InChI=1S/C9H12N4OS/c1-15-9(13-12-8(10)14)11-7-5-3-2-4-6-7/h2-6H,1H3,(H,11,13)(H3,10,12,14). The van der Waals surface area contributed by atoms with Gasteiger partial charge in [0.1, 0.15) is 0 Å². The number of amidine groups is 1. The van der Waals surface area contributed by atoms with Gasteiger partial charge in [0.15, 0.2) is 5.17 Å². The number of thioether (sulfide) groups is 1. The molecular formula is C9H12N4OS. The molecule has 0 aliphatic rings. The topological polar surface area (TPSA) is 79.5 Å². The second kappa shape index (κ2) is 5.92. The summed E-state index contributed by atoms with van der Waals surface area (Å²) in [6.07, 6.45) is 1.84. The van der Waals surface area contributed by atoms with E-state index in [4.69, 9.17) is 5.73 Å². The van der Waals surface area contributed by atoms with Crippen molar-refractivity contribution in [2.75, 3.05) is 6.26 Å². The maximum Gasteiger partial charge on any atom is 0.330 e. The number of rotatable bonds is 1. The minimum atomic E-state index is -0.648. The molecule has 1 rings (SSSR count). The second-order valence-corrected chi connectivity index (χ2v) is 3.37. The van der Waals surface area contributed by atoms with Crippen LogP contribution in [0, 0.1) is 0 Å². The lowest BCUT2D eigenvalue weighted by Crippen LogP contribution is -2.43. The normalized spacial score (nSPS) is 10.9. The van der Waals surface area contributed by atoms with Crippen molar-refractivity contribution in [3.05, 3.63) is 30.3 Å². The van der Waals surface area contributed by atoms with Crippen molar-refractivity contribution in [3.63, 3.8) is 0 Å². The molecule has 0 saturated heterocycles. The summed E-state index contributed by atoms with van der Waals surface area (Å²) < 4.78 is 0. The molecule has 0 aromatic heterocycles. The number of primary amides is 1. The molecule has 0 spiro atoms. The number of hydrazine groups is 1. The van der Waals surface area contributed by atoms with Crippen molar-refractivity contribution < 1.29 is 4.79 Å². The predicted molar refractivity (Wildman–Crippen MR) is 62.9 cm³/mol. The van der Waals surface area contributed by atoms with E-state index in [9.17, 15) is 4.79 Å². The Morgan fingerprint density at radius 1 is 1.33 bits per heavy atom. The first-order chi connectivity index (χ1) is 7.22. The van der Waals surface area contributed by atoms with E-state index in [0.29, 0.717) is 5.17 Å². The van der Waals surface area contributed by atoms with E-state index in [-0.39, 0.29) is 0 Å². The van der Waals surface area contributed by atoms with Crippen LogP contribution in [0.25, 0.3) is 0 Å². The van der Waals surface area contributed by atoms with Crippen LogP contribution in [0.5, 0.6) is 0 Å². The van der Waals surface area contributed by atoms with Crippen LogP contribution in [0.15, 0.2) is 35.3 Å². The maximum atomic E-state index is 10.5. The number of nitrogens with one attached hydrogen (secondary N) is 2. The number of nitrogens with zero attached hydrogens (tertiary/aromatic N) is 1. The van der Waals surface area contributed by atoms with Gasteiger partial charge in [-0.3, -0.25) is 10.9 Å². The zero-order valence-corrected chi connectivity index (χ0v) is 9.04. The molecule has 0 heterocycles. The minimum Gasteiger partial charge on any atom is -0.350 e. The molecule has 0 saturated carbocycles. The molecule has 80 valence electrons. The zero-order chi connectivity index (χ0) is 11.1. The molecule has 5 nitrogen and oxygen atoms in total. The number of carbonyl (C=O) groups is 1. The maximum absolute atomic E-state index is 10.5. The highest BCUT2D eigenvalue weighted by Crippen LogP contribution is 2.11. The van der Waals surface area contributed by atoms with Crippen molar-refractivity contribution in [1.82, 2.24) is 10.9 Å². The Bertz CT molecular complexity index is 352. The van der Waals surface area contributed by atoms with E-state index in [0.717, 1.165) is 5.69 Å². The molecule has 0 unspecified atom stereocenters.